The lowest BCUT2D eigenvalue weighted by atomic mass is 9.90. The van der Waals surface area contributed by atoms with E-state index in [9.17, 15) is 0 Å². The lowest BCUT2D eigenvalue weighted by Gasteiger charge is -2.17. The molecule has 0 saturated heterocycles. The van der Waals surface area contributed by atoms with E-state index in [1.54, 1.807) is 0 Å². The predicted molar refractivity (Wildman–Crippen MR) is 86.7 cm³/mol. The first-order chi connectivity index (χ1) is 8.58. The Bertz CT molecular complexity index is 214. The maximum Gasteiger partial charge on any atom is 0.0480 e. The summed E-state index contributed by atoms with van der Waals surface area (Å²) >= 11 is 0. The van der Waals surface area contributed by atoms with Crippen molar-refractivity contribution < 1.29 is 0 Å². The maximum atomic E-state index is 2.46. The first-order valence-corrected chi connectivity index (χ1v) is 11.8. The van der Waals surface area contributed by atoms with Gasteiger partial charge in [0.1, 0.15) is 0 Å². The summed E-state index contributed by atoms with van der Waals surface area (Å²) in [6, 6.07) is 1.35. The van der Waals surface area contributed by atoms with Gasteiger partial charge in [-0.1, -0.05) is 76.7 Å². The Labute approximate surface area is 116 Å². The van der Waals surface area contributed by atoms with Crippen LogP contribution in [0.3, 0.4) is 0 Å². The molecule has 1 fully saturated rings. The lowest BCUT2D eigenvalue weighted by Crippen LogP contribution is -2.17. The second kappa shape index (κ2) is 8.96. The summed E-state index contributed by atoms with van der Waals surface area (Å²) in [5.41, 5.74) is 0. The Morgan fingerprint density at radius 2 is 1.28 bits per heavy atom. The molecule has 0 bridgehead atoms. The van der Waals surface area contributed by atoms with Crippen molar-refractivity contribution in [2.24, 2.45) is 0 Å². The molecule has 0 aromatic carbocycles. The highest BCUT2D eigenvalue weighted by Gasteiger charge is 2.11. The van der Waals surface area contributed by atoms with Gasteiger partial charge in [0, 0.05) is 8.07 Å². The van der Waals surface area contributed by atoms with Crippen LogP contribution in [0, 0.1) is 5.92 Å². The van der Waals surface area contributed by atoms with Gasteiger partial charge in [-0.25, -0.2) is 0 Å². The summed E-state index contributed by atoms with van der Waals surface area (Å²) in [6.07, 6.45) is 19.2. The van der Waals surface area contributed by atoms with Crippen molar-refractivity contribution >= 4 is 8.07 Å². The van der Waals surface area contributed by atoms with Crippen LogP contribution in [0.4, 0.5) is 0 Å². The van der Waals surface area contributed by atoms with E-state index in [1.165, 1.54) is 70.3 Å². The lowest BCUT2D eigenvalue weighted by molar-refractivity contribution is 0.516. The highest BCUT2D eigenvalue weighted by Crippen LogP contribution is 2.26. The SMILES string of the molecule is C[Si](C)(C)CC=CC[C]1CCCCCCCCC1. The fourth-order valence-electron chi connectivity index (χ4n) is 2.65. The molecule has 1 heteroatoms. The molecule has 0 aromatic heterocycles. The molecule has 18 heavy (non-hydrogen) atoms. The third-order valence-corrected chi connectivity index (χ3v) is 5.32. The Morgan fingerprint density at radius 1 is 0.778 bits per heavy atom. The predicted octanol–water partition coefficient (Wildman–Crippen LogP) is 6.37. The van der Waals surface area contributed by atoms with E-state index in [2.05, 4.69) is 31.8 Å². The Balaban J connectivity index is 2.24. The normalized spacial score (nSPS) is 21.3. The molecule has 1 aliphatic rings. The highest BCUT2D eigenvalue weighted by molar-refractivity contribution is 6.76. The second-order valence-corrected chi connectivity index (χ2v) is 12.7. The average molecular weight is 266 g/mol. The van der Waals surface area contributed by atoms with Crippen LogP contribution >= 0.6 is 0 Å². The van der Waals surface area contributed by atoms with Gasteiger partial charge in [-0.2, -0.15) is 0 Å². The van der Waals surface area contributed by atoms with Crippen LogP contribution < -0.4 is 0 Å². The molecule has 1 radical (unpaired) electrons. The van der Waals surface area contributed by atoms with E-state index in [0.717, 1.165) is 0 Å². The van der Waals surface area contributed by atoms with E-state index < -0.39 is 8.07 Å². The van der Waals surface area contributed by atoms with E-state index in [4.69, 9.17) is 0 Å². The minimum atomic E-state index is -0.873. The molecule has 0 aliphatic heterocycles. The number of allylic oxidation sites excluding steroid dienone is 2. The number of hydrogen-bond acceptors (Lipinski definition) is 0. The van der Waals surface area contributed by atoms with Crippen LogP contribution in [0.5, 0.6) is 0 Å². The zero-order chi connectivity index (χ0) is 13.3. The smallest absolute Gasteiger partial charge is 0.0480 e. The summed E-state index contributed by atoms with van der Waals surface area (Å²) in [6.45, 7) is 7.36. The molecule has 0 unspecified atom stereocenters. The first-order valence-electron chi connectivity index (χ1n) is 8.06. The van der Waals surface area contributed by atoms with Crippen molar-refractivity contribution in [2.75, 3.05) is 0 Å². The Hall–Kier alpha value is -0.0431. The van der Waals surface area contributed by atoms with Gasteiger partial charge >= 0.3 is 0 Å². The van der Waals surface area contributed by atoms with Crippen molar-refractivity contribution in [3.05, 3.63) is 18.1 Å². The summed E-state index contributed by atoms with van der Waals surface area (Å²) < 4.78 is 0. The zero-order valence-corrected chi connectivity index (χ0v) is 13.9. The molecular weight excluding hydrogens is 232 g/mol. The molecule has 1 rings (SSSR count). The third kappa shape index (κ3) is 8.96. The van der Waals surface area contributed by atoms with Gasteiger partial charge in [-0.15, -0.1) is 0 Å². The molecule has 105 valence electrons. The summed E-state index contributed by atoms with van der Waals surface area (Å²) in [5, 5.41) is 0. The minimum absolute atomic E-state index is 0.873. The van der Waals surface area contributed by atoms with Crippen LogP contribution in [0.15, 0.2) is 12.2 Å². The largest absolute Gasteiger partial charge is 0.0912 e. The number of rotatable bonds is 4. The Kier molecular flexibility index (Phi) is 7.97. The van der Waals surface area contributed by atoms with Gasteiger partial charge in [0.25, 0.3) is 0 Å². The van der Waals surface area contributed by atoms with Crippen molar-refractivity contribution in [1.29, 1.82) is 0 Å². The molecule has 1 saturated carbocycles. The van der Waals surface area contributed by atoms with Gasteiger partial charge < -0.3 is 0 Å². The van der Waals surface area contributed by atoms with E-state index in [0.29, 0.717) is 0 Å². The molecule has 0 aromatic rings. The highest BCUT2D eigenvalue weighted by atomic mass is 28.3. The van der Waals surface area contributed by atoms with Gasteiger partial charge in [0.2, 0.25) is 0 Å². The van der Waals surface area contributed by atoms with Crippen LogP contribution in [0.1, 0.15) is 64.2 Å². The summed E-state index contributed by atoms with van der Waals surface area (Å²) in [7, 11) is -0.873. The third-order valence-electron chi connectivity index (χ3n) is 3.86. The molecule has 0 amide bonds. The molecule has 0 heterocycles. The van der Waals surface area contributed by atoms with Crippen molar-refractivity contribution in [2.45, 2.75) is 89.9 Å². The van der Waals surface area contributed by atoms with Crippen molar-refractivity contribution in [3.8, 4) is 0 Å². The second-order valence-electron chi connectivity index (χ2n) is 7.17. The van der Waals surface area contributed by atoms with E-state index >= 15 is 0 Å². The average Bonchev–Trinajstić information content (AvgIpc) is 2.31. The number of hydrogen-bond donors (Lipinski definition) is 0. The van der Waals surface area contributed by atoms with Crippen molar-refractivity contribution in [1.82, 2.24) is 0 Å². The molecular formula is C17H33Si. The minimum Gasteiger partial charge on any atom is -0.0912 e. The maximum absolute atomic E-state index is 2.46. The molecule has 0 nitrogen and oxygen atoms in total. The van der Waals surface area contributed by atoms with Gasteiger partial charge in [-0.05, 0) is 31.2 Å². The fourth-order valence-corrected chi connectivity index (χ4v) is 3.52. The molecule has 0 atom stereocenters. The summed E-state index contributed by atoms with van der Waals surface area (Å²) in [4.78, 5) is 0. The Morgan fingerprint density at radius 3 is 1.78 bits per heavy atom. The van der Waals surface area contributed by atoms with Crippen LogP contribution in [0.2, 0.25) is 25.7 Å². The van der Waals surface area contributed by atoms with Gasteiger partial charge in [0.15, 0.2) is 0 Å². The standard InChI is InChI=1S/C17H33Si/c1-18(2,3)16-12-11-15-17-13-9-7-5-4-6-8-10-14-17/h11-12H,4-10,13-16H2,1-3H3. The quantitative estimate of drug-likeness (QED) is 0.409. The molecule has 0 N–H and O–H groups in total. The van der Waals surface area contributed by atoms with Crippen LogP contribution in [0.25, 0.3) is 0 Å². The van der Waals surface area contributed by atoms with Crippen LogP contribution in [-0.4, -0.2) is 8.07 Å². The molecule has 1 aliphatic carbocycles. The monoisotopic (exact) mass is 265 g/mol. The van der Waals surface area contributed by atoms with E-state index in [1.807, 2.05) is 5.92 Å². The van der Waals surface area contributed by atoms with Gasteiger partial charge in [0.05, 0.1) is 0 Å². The van der Waals surface area contributed by atoms with Crippen LogP contribution in [-0.2, 0) is 0 Å². The first kappa shape index (κ1) is 16.0. The zero-order valence-electron chi connectivity index (χ0n) is 12.9. The van der Waals surface area contributed by atoms with Gasteiger partial charge in [-0.3, -0.25) is 0 Å². The summed E-state index contributed by atoms with van der Waals surface area (Å²) in [5.74, 6) is 1.82. The van der Waals surface area contributed by atoms with Crippen molar-refractivity contribution in [3.63, 3.8) is 0 Å². The topological polar surface area (TPSA) is 0 Å². The molecule has 0 spiro atoms. The van der Waals surface area contributed by atoms with E-state index in [-0.39, 0.29) is 0 Å². The fraction of sp³-hybridized carbons (Fsp3) is 0.824.